The summed E-state index contributed by atoms with van der Waals surface area (Å²) < 4.78 is 39.9. The normalized spacial score (nSPS) is 19.5. The molecule has 3 aromatic rings. The molecule has 5 rings (SSSR count). The van der Waals surface area contributed by atoms with Gasteiger partial charge in [-0.15, -0.1) is 0 Å². The number of piperidine rings is 1. The minimum absolute atomic E-state index is 0.0361. The third-order valence-electron chi connectivity index (χ3n) is 7.85. The van der Waals surface area contributed by atoms with Crippen molar-refractivity contribution in [1.29, 1.82) is 0 Å². The van der Waals surface area contributed by atoms with Crippen molar-refractivity contribution in [3.05, 3.63) is 83.4 Å². The summed E-state index contributed by atoms with van der Waals surface area (Å²) >= 11 is 0. The second kappa shape index (κ2) is 12.1. The van der Waals surface area contributed by atoms with Gasteiger partial charge in [0.05, 0.1) is 0 Å². The number of nitrogens with zero attached hydrogens (tertiary/aromatic N) is 2. The molecule has 2 aliphatic heterocycles. The van der Waals surface area contributed by atoms with Crippen LogP contribution in [-0.4, -0.2) is 64.8 Å². The van der Waals surface area contributed by atoms with Gasteiger partial charge in [-0.05, 0) is 86.7 Å². The van der Waals surface area contributed by atoms with Gasteiger partial charge >= 0.3 is 5.97 Å². The Balaban J connectivity index is 1.38. The van der Waals surface area contributed by atoms with Crippen LogP contribution in [-0.2, 0) is 4.79 Å². The number of carboxylic acids is 1. The van der Waals surface area contributed by atoms with Gasteiger partial charge in [0.15, 0.2) is 17.2 Å². The molecule has 3 N–H and O–H groups in total. The van der Waals surface area contributed by atoms with E-state index in [0.29, 0.717) is 54.4 Å². The SMILES string of the molecule is CC(C)(Oc1cccc(C2CCCN(C(=O)c3ccc(O[C@H]4CCN(N)C4)c(-c4ccc(F)c(F)c4)c3)C2)c1)C(=O)O. The summed E-state index contributed by atoms with van der Waals surface area (Å²) in [6, 6.07) is 16.0. The Morgan fingerprint density at radius 2 is 1.79 bits per heavy atom. The number of halogens is 2. The number of ether oxygens (including phenoxy) is 2. The van der Waals surface area contributed by atoms with Crippen LogP contribution in [0.2, 0.25) is 0 Å². The van der Waals surface area contributed by atoms with Crippen molar-refractivity contribution in [2.75, 3.05) is 26.2 Å². The molecule has 42 heavy (non-hydrogen) atoms. The molecule has 0 aliphatic carbocycles. The van der Waals surface area contributed by atoms with Crippen LogP contribution in [0.3, 0.4) is 0 Å². The zero-order chi connectivity index (χ0) is 30.0. The minimum atomic E-state index is -1.38. The van der Waals surface area contributed by atoms with E-state index in [1.165, 1.54) is 19.9 Å². The molecule has 2 heterocycles. The Morgan fingerprint density at radius 3 is 2.50 bits per heavy atom. The molecule has 2 aliphatic rings. The molecule has 2 atom stereocenters. The first-order valence-corrected chi connectivity index (χ1v) is 14.1. The highest BCUT2D eigenvalue weighted by Crippen LogP contribution is 2.35. The lowest BCUT2D eigenvalue weighted by molar-refractivity contribution is -0.152. The van der Waals surface area contributed by atoms with Gasteiger partial charge in [0.2, 0.25) is 0 Å². The lowest BCUT2D eigenvalue weighted by Crippen LogP contribution is -2.39. The summed E-state index contributed by atoms with van der Waals surface area (Å²) in [4.78, 5) is 27.0. The van der Waals surface area contributed by atoms with Crippen LogP contribution in [0.15, 0.2) is 60.7 Å². The van der Waals surface area contributed by atoms with Gasteiger partial charge in [0.25, 0.3) is 5.91 Å². The first-order chi connectivity index (χ1) is 20.0. The quantitative estimate of drug-likeness (QED) is 0.353. The maximum atomic E-state index is 14.2. The van der Waals surface area contributed by atoms with E-state index in [4.69, 9.17) is 15.3 Å². The van der Waals surface area contributed by atoms with Crippen LogP contribution in [0, 0.1) is 11.6 Å². The number of benzene rings is 3. The third kappa shape index (κ3) is 6.55. The predicted octanol–water partition coefficient (Wildman–Crippen LogP) is 5.22. The molecule has 2 fully saturated rings. The maximum absolute atomic E-state index is 14.2. The molecule has 0 saturated carbocycles. The van der Waals surface area contributed by atoms with Crippen LogP contribution in [0.5, 0.6) is 11.5 Å². The molecule has 0 radical (unpaired) electrons. The zero-order valence-electron chi connectivity index (χ0n) is 23.7. The molecule has 1 unspecified atom stereocenters. The van der Waals surface area contributed by atoms with Gasteiger partial charge in [0.1, 0.15) is 17.6 Å². The summed E-state index contributed by atoms with van der Waals surface area (Å²) in [5.74, 6) is 3.67. The van der Waals surface area contributed by atoms with E-state index in [-0.39, 0.29) is 17.9 Å². The number of carbonyl (C=O) groups is 2. The summed E-state index contributed by atoms with van der Waals surface area (Å²) in [6.07, 6.45) is 2.21. The number of amides is 1. The highest BCUT2D eigenvalue weighted by atomic mass is 19.2. The number of likely N-dealkylation sites (tertiary alicyclic amines) is 1. The van der Waals surface area contributed by atoms with Gasteiger partial charge in [0, 0.05) is 43.2 Å². The minimum Gasteiger partial charge on any atom is -0.488 e. The van der Waals surface area contributed by atoms with Crippen LogP contribution in [0.1, 0.15) is 54.9 Å². The number of carbonyl (C=O) groups excluding carboxylic acids is 1. The Labute approximate surface area is 243 Å². The van der Waals surface area contributed by atoms with Gasteiger partial charge < -0.3 is 19.5 Å². The molecule has 10 heteroatoms. The number of aliphatic carboxylic acids is 1. The van der Waals surface area contributed by atoms with Crippen LogP contribution in [0.4, 0.5) is 8.78 Å². The second-order valence-corrected chi connectivity index (χ2v) is 11.4. The van der Waals surface area contributed by atoms with Crippen LogP contribution >= 0.6 is 0 Å². The number of hydrogen-bond donors (Lipinski definition) is 2. The Bertz CT molecular complexity index is 1480. The number of rotatable bonds is 8. The van der Waals surface area contributed by atoms with Crippen molar-refractivity contribution in [2.45, 2.75) is 50.7 Å². The molecule has 222 valence electrons. The monoisotopic (exact) mass is 579 g/mol. The largest absolute Gasteiger partial charge is 0.488 e. The molecule has 2 saturated heterocycles. The standard InChI is InChI=1S/C32H35F2N3O5/c1-32(2,31(39)40)42-24-7-3-5-20(15-24)23-6-4-13-36(18-23)30(38)22-9-11-29(41-25-12-14-37(35)19-25)26(16-22)21-8-10-27(33)28(34)17-21/h3,5,7-11,15-17,23,25H,4,6,12-14,18-19,35H2,1-2H3,(H,39,40)/t23?,25-/m0/s1. The Morgan fingerprint density at radius 1 is 0.976 bits per heavy atom. The predicted molar refractivity (Wildman–Crippen MR) is 153 cm³/mol. The van der Waals surface area contributed by atoms with Crippen molar-refractivity contribution in [1.82, 2.24) is 9.91 Å². The van der Waals surface area contributed by atoms with Crippen LogP contribution in [0.25, 0.3) is 11.1 Å². The van der Waals surface area contributed by atoms with Crippen molar-refractivity contribution in [3.63, 3.8) is 0 Å². The molecule has 0 aromatic heterocycles. The highest BCUT2D eigenvalue weighted by Gasteiger charge is 2.31. The van der Waals surface area contributed by atoms with Gasteiger partial charge in [-0.1, -0.05) is 18.2 Å². The summed E-state index contributed by atoms with van der Waals surface area (Å²) in [7, 11) is 0. The van der Waals surface area contributed by atoms with Crippen molar-refractivity contribution in [2.24, 2.45) is 5.84 Å². The molecule has 1 amide bonds. The topological polar surface area (TPSA) is 105 Å². The molecule has 0 spiro atoms. The third-order valence-corrected chi connectivity index (χ3v) is 7.85. The smallest absolute Gasteiger partial charge is 0.347 e. The summed E-state index contributed by atoms with van der Waals surface area (Å²) in [5.41, 5.74) is 0.890. The molecule has 3 aromatic carbocycles. The number of carboxylic acid groups (broad SMARTS) is 1. The summed E-state index contributed by atoms with van der Waals surface area (Å²) in [6.45, 7) is 5.25. The number of hydrazine groups is 1. The first kappa shape index (κ1) is 29.5. The fourth-order valence-corrected chi connectivity index (χ4v) is 5.47. The lowest BCUT2D eigenvalue weighted by Gasteiger charge is -2.33. The van der Waals surface area contributed by atoms with Gasteiger partial charge in [-0.25, -0.2) is 18.6 Å². The lowest BCUT2D eigenvalue weighted by atomic mass is 9.90. The van der Waals surface area contributed by atoms with Gasteiger partial charge in [-0.2, -0.15) is 0 Å². The number of nitrogens with two attached hydrogens (primary N) is 1. The Hall–Kier alpha value is -4.02. The molecule has 8 nitrogen and oxygen atoms in total. The maximum Gasteiger partial charge on any atom is 0.347 e. The summed E-state index contributed by atoms with van der Waals surface area (Å²) in [5, 5.41) is 11.1. The fourth-order valence-electron chi connectivity index (χ4n) is 5.47. The Kier molecular flexibility index (Phi) is 8.47. The van der Waals surface area contributed by atoms with E-state index in [1.54, 1.807) is 34.2 Å². The van der Waals surface area contributed by atoms with Gasteiger partial charge in [-0.3, -0.25) is 10.6 Å². The van der Waals surface area contributed by atoms with E-state index in [1.807, 2.05) is 18.2 Å². The number of hydrogen-bond acceptors (Lipinski definition) is 6. The average molecular weight is 580 g/mol. The van der Waals surface area contributed by atoms with E-state index >= 15 is 0 Å². The fraction of sp³-hybridized carbons (Fsp3) is 0.375. The van der Waals surface area contributed by atoms with E-state index in [2.05, 4.69) is 0 Å². The molecular weight excluding hydrogens is 544 g/mol. The van der Waals surface area contributed by atoms with E-state index < -0.39 is 23.2 Å². The second-order valence-electron chi connectivity index (χ2n) is 11.4. The van der Waals surface area contributed by atoms with Crippen molar-refractivity contribution < 1.29 is 33.0 Å². The first-order valence-electron chi connectivity index (χ1n) is 14.1. The average Bonchev–Trinajstić information content (AvgIpc) is 3.38. The highest BCUT2D eigenvalue weighted by molar-refractivity contribution is 5.96. The van der Waals surface area contributed by atoms with Crippen molar-refractivity contribution in [3.8, 4) is 22.6 Å². The van der Waals surface area contributed by atoms with E-state index in [9.17, 15) is 23.5 Å². The van der Waals surface area contributed by atoms with Crippen molar-refractivity contribution >= 4 is 11.9 Å². The zero-order valence-corrected chi connectivity index (χ0v) is 23.7. The van der Waals surface area contributed by atoms with E-state index in [0.717, 1.165) is 37.0 Å². The van der Waals surface area contributed by atoms with Crippen LogP contribution < -0.4 is 15.3 Å². The molecule has 0 bridgehead atoms. The molecular formula is C32H35F2N3O5.